The Hall–Kier alpha value is -0.610. The molecule has 1 fully saturated rings. The van der Waals surface area contributed by atoms with Gasteiger partial charge in [-0.2, -0.15) is 0 Å². The molecule has 1 heterocycles. The van der Waals surface area contributed by atoms with Gasteiger partial charge in [-0.25, -0.2) is 0 Å². The number of ether oxygens (including phenoxy) is 1. The predicted octanol–water partition coefficient (Wildman–Crippen LogP) is 1.40. The number of hydrogen-bond acceptors (Lipinski definition) is 3. The van der Waals surface area contributed by atoms with E-state index in [1.54, 1.807) is 4.90 Å². The number of nitrogens with one attached hydrogen (secondary N) is 1. The normalized spacial score (nSPS) is 25.0. The monoisotopic (exact) mass is 242 g/mol. The van der Waals surface area contributed by atoms with Crippen LogP contribution in [0.4, 0.5) is 0 Å². The van der Waals surface area contributed by atoms with Crippen LogP contribution in [0.3, 0.4) is 0 Å². The number of likely N-dealkylation sites (N-methyl/N-ethyl adjacent to an activating group) is 1. The largest absolute Gasteiger partial charge is 0.377 e. The lowest BCUT2D eigenvalue weighted by Crippen LogP contribution is -2.51. The van der Waals surface area contributed by atoms with Crippen LogP contribution in [0.2, 0.25) is 0 Å². The number of nitrogens with zero attached hydrogens (tertiary/aromatic N) is 1. The van der Waals surface area contributed by atoms with Crippen molar-refractivity contribution >= 4 is 5.91 Å². The first kappa shape index (κ1) is 14.5. The average Bonchev–Trinajstić information content (AvgIpc) is 2.27. The summed E-state index contributed by atoms with van der Waals surface area (Å²) in [6.45, 7) is 7.44. The molecule has 1 rings (SSSR count). The fourth-order valence-corrected chi connectivity index (χ4v) is 2.13. The summed E-state index contributed by atoms with van der Waals surface area (Å²) in [6, 6.07) is 0.459. The molecule has 0 aromatic rings. The third-order valence-electron chi connectivity index (χ3n) is 3.17. The highest BCUT2D eigenvalue weighted by atomic mass is 16.5. The van der Waals surface area contributed by atoms with Crippen molar-refractivity contribution in [1.82, 2.24) is 10.2 Å². The Morgan fingerprint density at radius 2 is 2.18 bits per heavy atom. The number of piperidine rings is 1. The van der Waals surface area contributed by atoms with Crippen LogP contribution in [-0.4, -0.2) is 49.2 Å². The number of carbonyl (C=O) groups is 1. The van der Waals surface area contributed by atoms with E-state index in [0.29, 0.717) is 19.2 Å². The van der Waals surface area contributed by atoms with Gasteiger partial charge in [0, 0.05) is 19.6 Å². The van der Waals surface area contributed by atoms with Crippen molar-refractivity contribution in [3.63, 3.8) is 0 Å². The van der Waals surface area contributed by atoms with Crippen molar-refractivity contribution in [2.24, 2.45) is 0 Å². The van der Waals surface area contributed by atoms with Crippen molar-refractivity contribution in [3.05, 3.63) is 0 Å². The van der Waals surface area contributed by atoms with Crippen LogP contribution in [0.25, 0.3) is 0 Å². The first-order chi connectivity index (χ1) is 8.00. The third-order valence-corrected chi connectivity index (χ3v) is 3.17. The van der Waals surface area contributed by atoms with Crippen LogP contribution in [0.5, 0.6) is 0 Å². The molecule has 1 saturated heterocycles. The highest BCUT2D eigenvalue weighted by Gasteiger charge is 2.26. The van der Waals surface area contributed by atoms with Gasteiger partial charge >= 0.3 is 0 Å². The van der Waals surface area contributed by atoms with E-state index in [4.69, 9.17) is 4.74 Å². The maximum atomic E-state index is 12.1. The second-order valence-electron chi connectivity index (χ2n) is 5.23. The zero-order chi connectivity index (χ0) is 12.8. The summed E-state index contributed by atoms with van der Waals surface area (Å²) in [5, 5.41) is 3.36. The van der Waals surface area contributed by atoms with Gasteiger partial charge < -0.3 is 15.0 Å². The lowest BCUT2D eigenvalue weighted by Gasteiger charge is -2.31. The summed E-state index contributed by atoms with van der Waals surface area (Å²) < 4.78 is 5.46. The second kappa shape index (κ2) is 6.97. The molecule has 0 aliphatic carbocycles. The fourth-order valence-electron chi connectivity index (χ4n) is 2.13. The molecule has 1 aliphatic heterocycles. The summed E-state index contributed by atoms with van der Waals surface area (Å²) in [5.41, 5.74) is 0. The van der Waals surface area contributed by atoms with Gasteiger partial charge in [-0.1, -0.05) is 0 Å². The van der Waals surface area contributed by atoms with Crippen LogP contribution in [0, 0.1) is 0 Å². The first-order valence-electron chi connectivity index (χ1n) is 6.63. The molecule has 0 aromatic carbocycles. The Morgan fingerprint density at radius 3 is 2.76 bits per heavy atom. The lowest BCUT2D eigenvalue weighted by molar-refractivity contribution is -0.133. The van der Waals surface area contributed by atoms with Gasteiger partial charge in [-0.05, 0) is 40.0 Å². The zero-order valence-corrected chi connectivity index (χ0v) is 11.5. The Balaban J connectivity index is 2.30. The van der Waals surface area contributed by atoms with Crippen LogP contribution in [0.1, 0.15) is 40.0 Å². The zero-order valence-electron chi connectivity index (χ0n) is 11.5. The predicted molar refractivity (Wildman–Crippen MR) is 69.0 cm³/mol. The third kappa shape index (κ3) is 5.04. The molecular formula is C13H26N2O2. The van der Waals surface area contributed by atoms with E-state index in [0.717, 1.165) is 12.8 Å². The highest BCUT2D eigenvalue weighted by Crippen LogP contribution is 2.13. The summed E-state index contributed by atoms with van der Waals surface area (Å²) in [4.78, 5) is 13.9. The molecule has 0 radical (unpaired) electrons. The summed E-state index contributed by atoms with van der Waals surface area (Å²) >= 11 is 0. The minimum absolute atomic E-state index is 0.00259. The smallest absolute Gasteiger partial charge is 0.239 e. The average molecular weight is 242 g/mol. The van der Waals surface area contributed by atoms with Crippen molar-refractivity contribution in [3.8, 4) is 0 Å². The Bertz CT molecular complexity index is 244. The van der Waals surface area contributed by atoms with Crippen molar-refractivity contribution in [2.45, 2.75) is 58.2 Å². The molecule has 0 aromatic heterocycles. The lowest BCUT2D eigenvalue weighted by atomic mass is 9.99. The molecule has 2 unspecified atom stereocenters. The Kier molecular flexibility index (Phi) is 5.92. The molecule has 0 spiro atoms. The molecule has 4 heteroatoms. The second-order valence-corrected chi connectivity index (χ2v) is 5.23. The maximum absolute atomic E-state index is 12.1. The molecule has 4 nitrogen and oxygen atoms in total. The number of rotatable bonds is 5. The van der Waals surface area contributed by atoms with E-state index in [9.17, 15) is 4.79 Å². The van der Waals surface area contributed by atoms with E-state index in [-0.39, 0.29) is 18.1 Å². The maximum Gasteiger partial charge on any atom is 0.239 e. The molecule has 100 valence electrons. The standard InChI is InChI=1S/C13H26N2O2/c1-10(2)17-9-8-15(4)13(16)12-7-5-6-11(3)14-12/h10-12,14H,5-9H2,1-4H3. The Morgan fingerprint density at radius 1 is 1.47 bits per heavy atom. The molecule has 1 amide bonds. The van der Waals surface area contributed by atoms with E-state index in [1.165, 1.54) is 6.42 Å². The van der Waals surface area contributed by atoms with Gasteiger partial charge in [0.25, 0.3) is 0 Å². The molecule has 17 heavy (non-hydrogen) atoms. The van der Waals surface area contributed by atoms with E-state index in [1.807, 2.05) is 20.9 Å². The highest BCUT2D eigenvalue weighted by molar-refractivity contribution is 5.81. The van der Waals surface area contributed by atoms with Crippen molar-refractivity contribution < 1.29 is 9.53 Å². The van der Waals surface area contributed by atoms with Crippen LogP contribution >= 0.6 is 0 Å². The molecule has 1 N–H and O–H groups in total. The van der Waals surface area contributed by atoms with E-state index in [2.05, 4.69) is 12.2 Å². The van der Waals surface area contributed by atoms with Gasteiger partial charge in [0.15, 0.2) is 0 Å². The Labute approximate surface area is 105 Å². The summed E-state index contributed by atoms with van der Waals surface area (Å²) in [7, 11) is 1.85. The molecular weight excluding hydrogens is 216 g/mol. The number of amides is 1. The van der Waals surface area contributed by atoms with Gasteiger partial charge in [0.2, 0.25) is 5.91 Å². The quantitative estimate of drug-likeness (QED) is 0.792. The minimum atomic E-state index is 0.00259. The summed E-state index contributed by atoms with van der Waals surface area (Å²) in [5.74, 6) is 0.198. The molecule has 0 bridgehead atoms. The van der Waals surface area contributed by atoms with E-state index < -0.39 is 0 Å². The number of carbonyl (C=O) groups excluding carboxylic acids is 1. The van der Waals surface area contributed by atoms with Crippen LogP contribution < -0.4 is 5.32 Å². The van der Waals surface area contributed by atoms with Crippen molar-refractivity contribution in [2.75, 3.05) is 20.2 Å². The SMILES string of the molecule is CC1CCCC(C(=O)N(C)CCOC(C)C)N1. The fraction of sp³-hybridized carbons (Fsp3) is 0.923. The first-order valence-corrected chi connectivity index (χ1v) is 6.63. The van der Waals surface area contributed by atoms with Gasteiger partial charge in [0.05, 0.1) is 18.8 Å². The van der Waals surface area contributed by atoms with Gasteiger partial charge in [-0.15, -0.1) is 0 Å². The van der Waals surface area contributed by atoms with Crippen LogP contribution in [-0.2, 0) is 9.53 Å². The van der Waals surface area contributed by atoms with Gasteiger partial charge in [-0.3, -0.25) is 4.79 Å². The van der Waals surface area contributed by atoms with E-state index >= 15 is 0 Å². The topological polar surface area (TPSA) is 41.6 Å². The van der Waals surface area contributed by atoms with Crippen LogP contribution in [0.15, 0.2) is 0 Å². The number of hydrogen-bond donors (Lipinski definition) is 1. The van der Waals surface area contributed by atoms with Crippen molar-refractivity contribution in [1.29, 1.82) is 0 Å². The molecule has 2 atom stereocenters. The minimum Gasteiger partial charge on any atom is -0.377 e. The molecule has 1 aliphatic rings. The molecule has 0 saturated carbocycles. The van der Waals surface area contributed by atoms with Gasteiger partial charge in [0.1, 0.15) is 0 Å². The summed E-state index contributed by atoms with van der Waals surface area (Å²) in [6.07, 6.45) is 3.50.